The molecule has 1 fully saturated rings. The number of hydrogen-bond acceptors (Lipinski definition) is 6. The smallest absolute Gasteiger partial charge is 0.233 e. The average Bonchev–Trinajstić information content (AvgIpc) is 3.21. The molecule has 1 aliphatic rings. The Morgan fingerprint density at radius 2 is 1.71 bits per heavy atom. The Kier molecular flexibility index (Phi) is 6.89. The van der Waals surface area contributed by atoms with E-state index in [1.165, 1.54) is 11.8 Å². The molecule has 0 N–H and O–H groups in total. The summed E-state index contributed by atoms with van der Waals surface area (Å²) in [5.74, 6) is 2.00. The van der Waals surface area contributed by atoms with Gasteiger partial charge in [-0.15, -0.1) is 10.2 Å². The highest BCUT2D eigenvalue weighted by molar-refractivity contribution is 7.99. The van der Waals surface area contributed by atoms with Gasteiger partial charge in [-0.1, -0.05) is 48.2 Å². The molecule has 0 saturated carbocycles. The second-order valence-corrected chi connectivity index (χ2v) is 8.54. The Balaban J connectivity index is 1.49. The molecule has 0 spiro atoms. The van der Waals surface area contributed by atoms with Crippen LogP contribution < -0.4 is 4.74 Å². The maximum absolute atomic E-state index is 12.7. The van der Waals surface area contributed by atoms with Crippen LogP contribution in [0.1, 0.15) is 11.4 Å². The van der Waals surface area contributed by atoms with Gasteiger partial charge in [-0.2, -0.15) is 0 Å². The minimum atomic E-state index is 0.137. The first kappa shape index (κ1) is 21.4. The van der Waals surface area contributed by atoms with Crippen molar-refractivity contribution in [3.05, 3.63) is 66.0 Å². The fourth-order valence-corrected chi connectivity index (χ4v) is 4.33. The predicted molar refractivity (Wildman–Crippen MR) is 122 cm³/mol. The van der Waals surface area contributed by atoms with Crippen LogP contribution in [-0.2, 0) is 11.4 Å². The van der Waals surface area contributed by atoms with Crippen molar-refractivity contribution in [2.75, 3.05) is 39.0 Å². The van der Waals surface area contributed by atoms with Gasteiger partial charge in [0.05, 0.1) is 5.75 Å². The van der Waals surface area contributed by atoms with Crippen molar-refractivity contribution >= 4 is 17.7 Å². The molecule has 0 atom stereocenters. The Hall–Kier alpha value is -2.84. The predicted octanol–water partition coefficient (Wildman–Crippen LogP) is 3.02. The van der Waals surface area contributed by atoms with Crippen LogP contribution in [-0.4, -0.2) is 69.5 Å². The molecule has 8 heteroatoms. The number of nitrogens with zero attached hydrogens (tertiary/aromatic N) is 5. The third-order valence-electron chi connectivity index (χ3n) is 5.35. The maximum atomic E-state index is 12.7. The van der Waals surface area contributed by atoms with Gasteiger partial charge < -0.3 is 14.5 Å². The molecule has 1 amide bonds. The van der Waals surface area contributed by atoms with Crippen LogP contribution in [0.5, 0.6) is 5.75 Å². The standard InChI is InChI=1S/C23H27N5O2S/c1-18-8-6-7-11-20(18)30-16-21-24-25-23(28(21)19-9-4-3-5-10-19)31-17-22(29)27-14-12-26(2)13-15-27/h3-11H,12-17H2,1-2H3. The lowest BCUT2D eigenvalue weighted by Crippen LogP contribution is -2.47. The zero-order valence-corrected chi connectivity index (χ0v) is 18.7. The fraction of sp³-hybridized carbons (Fsp3) is 0.348. The molecule has 3 aromatic rings. The van der Waals surface area contributed by atoms with Crippen molar-refractivity contribution in [2.24, 2.45) is 0 Å². The first-order valence-corrected chi connectivity index (χ1v) is 11.4. The number of para-hydroxylation sites is 2. The summed E-state index contributed by atoms with van der Waals surface area (Å²) in [7, 11) is 2.08. The third-order valence-corrected chi connectivity index (χ3v) is 6.26. The lowest BCUT2D eigenvalue weighted by molar-refractivity contribution is -0.129. The fourth-order valence-electron chi connectivity index (χ4n) is 3.46. The summed E-state index contributed by atoms with van der Waals surface area (Å²) in [6, 6.07) is 17.8. The van der Waals surface area contributed by atoms with Crippen molar-refractivity contribution in [2.45, 2.75) is 18.7 Å². The molecule has 2 heterocycles. The summed E-state index contributed by atoms with van der Waals surface area (Å²) in [6.07, 6.45) is 0. The summed E-state index contributed by atoms with van der Waals surface area (Å²) in [5, 5.41) is 9.44. The number of hydrogen-bond donors (Lipinski definition) is 0. The van der Waals surface area contributed by atoms with Crippen molar-refractivity contribution in [3.8, 4) is 11.4 Å². The quantitative estimate of drug-likeness (QED) is 0.530. The Morgan fingerprint density at radius 3 is 2.45 bits per heavy atom. The van der Waals surface area contributed by atoms with Gasteiger partial charge in [0.2, 0.25) is 5.91 Å². The van der Waals surface area contributed by atoms with E-state index >= 15 is 0 Å². The molecule has 1 aliphatic heterocycles. The minimum Gasteiger partial charge on any atom is -0.485 e. The van der Waals surface area contributed by atoms with E-state index in [1.54, 1.807) is 0 Å². The summed E-state index contributed by atoms with van der Waals surface area (Å²) in [6.45, 7) is 5.68. The lowest BCUT2D eigenvalue weighted by atomic mass is 10.2. The number of amides is 1. The Bertz CT molecular complexity index is 1020. The van der Waals surface area contributed by atoms with Gasteiger partial charge >= 0.3 is 0 Å². The second-order valence-electron chi connectivity index (χ2n) is 7.60. The molecule has 0 unspecified atom stereocenters. The summed E-state index contributed by atoms with van der Waals surface area (Å²) in [5.41, 5.74) is 2.02. The summed E-state index contributed by atoms with van der Waals surface area (Å²) in [4.78, 5) is 16.9. The van der Waals surface area contributed by atoms with E-state index < -0.39 is 0 Å². The molecule has 7 nitrogen and oxygen atoms in total. The first-order valence-electron chi connectivity index (χ1n) is 10.4. The topological polar surface area (TPSA) is 63.5 Å². The molecule has 0 bridgehead atoms. The number of rotatable bonds is 7. The highest BCUT2D eigenvalue weighted by Crippen LogP contribution is 2.24. The zero-order valence-electron chi connectivity index (χ0n) is 17.9. The SMILES string of the molecule is Cc1ccccc1OCc1nnc(SCC(=O)N2CCN(C)CC2)n1-c1ccccc1. The van der Waals surface area contributed by atoms with Gasteiger partial charge in [-0.25, -0.2) is 0 Å². The molecule has 1 saturated heterocycles. The average molecular weight is 438 g/mol. The van der Waals surface area contributed by atoms with Gasteiger partial charge in [-0.3, -0.25) is 9.36 Å². The number of thioether (sulfide) groups is 1. The van der Waals surface area contributed by atoms with E-state index in [2.05, 4.69) is 22.1 Å². The summed E-state index contributed by atoms with van der Waals surface area (Å²) < 4.78 is 7.99. The van der Waals surface area contributed by atoms with Crippen LogP contribution in [0.4, 0.5) is 0 Å². The number of piperazine rings is 1. The van der Waals surface area contributed by atoms with E-state index in [0.717, 1.165) is 43.2 Å². The van der Waals surface area contributed by atoms with Crippen LogP contribution in [0.3, 0.4) is 0 Å². The van der Waals surface area contributed by atoms with E-state index in [-0.39, 0.29) is 5.91 Å². The number of ether oxygens (including phenoxy) is 1. The van der Waals surface area contributed by atoms with E-state index in [0.29, 0.717) is 23.3 Å². The lowest BCUT2D eigenvalue weighted by Gasteiger charge is -2.32. The Labute approximate surface area is 187 Å². The molecule has 4 rings (SSSR count). The summed E-state index contributed by atoms with van der Waals surface area (Å²) >= 11 is 1.42. The van der Waals surface area contributed by atoms with Gasteiger partial charge in [0.1, 0.15) is 12.4 Å². The Morgan fingerprint density at radius 1 is 1.00 bits per heavy atom. The molecule has 0 radical (unpaired) electrons. The zero-order chi connectivity index (χ0) is 21.6. The van der Waals surface area contributed by atoms with Crippen molar-refractivity contribution in [1.29, 1.82) is 0 Å². The maximum Gasteiger partial charge on any atom is 0.233 e. The van der Waals surface area contributed by atoms with Crippen LogP contribution >= 0.6 is 11.8 Å². The van der Waals surface area contributed by atoms with Crippen LogP contribution in [0.15, 0.2) is 59.8 Å². The second kappa shape index (κ2) is 9.98. The van der Waals surface area contributed by atoms with Gasteiger partial charge in [0.25, 0.3) is 0 Å². The molecule has 0 aliphatic carbocycles. The van der Waals surface area contributed by atoms with Gasteiger partial charge in [-0.05, 0) is 37.7 Å². The monoisotopic (exact) mass is 437 g/mol. The van der Waals surface area contributed by atoms with Crippen molar-refractivity contribution in [1.82, 2.24) is 24.6 Å². The largest absolute Gasteiger partial charge is 0.485 e. The van der Waals surface area contributed by atoms with E-state index in [1.807, 2.05) is 71.0 Å². The third kappa shape index (κ3) is 5.26. The van der Waals surface area contributed by atoms with Crippen molar-refractivity contribution < 1.29 is 9.53 Å². The molecule has 162 valence electrons. The molecular formula is C23H27N5O2S. The first-order chi connectivity index (χ1) is 15.1. The number of aromatic nitrogens is 3. The van der Waals surface area contributed by atoms with Gasteiger partial charge in [0.15, 0.2) is 11.0 Å². The van der Waals surface area contributed by atoms with E-state index in [4.69, 9.17) is 4.74 Å². The highest BCUT2D eigenvalue weighted by atomic mass is 32.2. The van der Waals surface area contributed by atoms with Crippen LogP contribution in [0.2, 0.25) is 0 Å². The molecule has 2 aromatic carbocycles. The molecule has 1 aromatic heterocycles. The van der Waals surface area contributed by atoms with Gasteiger partial charge in [0, 0.05) is 31.9 Å². The molecule has 31 heavy (non-hydrogen) atoms. The number of benzene rings is 2. The normalized spacial score (nSPS) is 14.6. The number of likely N-dealkylation sites (N-methyl/N-ethyl adjacent to an activating group) is 1. The van der Waals surface area contributed by atoms with Crippen molar-refractivity contribution in [3.63, 3.8) is 0 Å². The highest BCUT2D eigenvalue weighted by Gasteiger charge is 2.21. The number of carbonyl (C=O) groups excluding carboxylic acids is 1. The van der Waals surface area contributed by atoms with E-state index in [9.17, 15) is 4.79 Å². The minimum absolute atomic E-state index is 0.137. The number of carbonyl (C=O) groups is 1. The molecular weight excluding hydrogens is 410 g/mol. The van der Waals surface area contributed by atoms with Crippen LogP contribution in [0, 0.1) is 6.92 Å². The van der Waals surface area contributed by atoms with Crippen LogP contribution in [0.25, 0.3) is 5.69 Å². The number of aryl methyl sites for hydroxylation is 1.